The van der Waals surface area contributed by atoms with E-state index >= 15 is 0 Å². The molecular weight excluding hydrogens is 206 g/mol. The van der Waals surface area contributed by atoms with E-state index in [4.69, 9.17) is 5.73 Å². The van der Waals surface area contributed by atoms with Crippen molar-refractivity contribution in [3.63, 3.8) is 0 Å². The number of nitrogens with two attached hydrogens (primary N) is 1. The highest BCUT2D eigenvalue weighted by Crippen LogP contribution is 2.43. The third-order valence-electron chi connectivity index (χ3n) is 3.37. The van der Waals surface area contributed by atoms with Crippen LogP contribution in [0.15, 0.2) is 17.5 Å². The van der Waals surface area contributed by atoms with Crippen LogP contribution in [0.2, 0.25) is 0 Å². The van der Waals surface area contributed by atoms with Crippen LogP contribution in [-0.2, 0) is 10.2 Å². The lowest BCUT2D eigenvalue weighted by atomic mass is 9.70. The molecule has 1 heterocycles. The van der Waals surface area contributed by atoms with Crippen LogP contribution in [0.4, 0.5) is 0 Å². The summed E-state index contributed by atoms with van der Waals surface area (Å²) in [5.41, 5.74) is 5.45. The molecular formula is C12H17NOS. The second-order valence-corrected chi connectivity index (χ2v) is 5.41. The molecule has 1 fully saturated rings. The molecule has 0 saturated heterocycles. The predicted molar refractivity (Wildman–Crippen MR) is 62.9 cm³/mol. The molecule has 1 saturated carbocycles. The quantitative estimate of drug-likeness (QED) is 0.841. The molecule has 15 heavy (non-hydrogen) atoms. The lowest BCUT2D eigenvalue weighted by Crippen LogP contribution is -2.33. The summed E-state index contributed by atoms with van der Waals surface area (Å²) in [5.74, 6) is -0.162. The van der Waals surface area contributed by atoms with Gasteiger partial charge >= 0.3 is 0 Å². The summed E-state index contributed by atoms with van der Waals surface area (Å²) in [5, 5.41) is 2.09. The van der Waals surface area contributed by atoms with Crippen LogP contribution in [0.5, 0.6) is 0 Å². The fourth-order valence-corrected chi connectivity index (χ4v) is 3.64. The van der Waals surface area contributed by atoms with Crippen LogP contribution in [0, 0.1) is 0 Å². The first-order valence-corrected chi connectivity index (χ1v) is 6.43. The smallest absolute Gasteiger partial charge is 0.218 e. The SMILES string of the molecule is NC(=O)CC1(c2cccs2)CCCCC1. The molecule has 0 radical (unpaired) electrons. The Labute approximate surface area is 94.5 Å². The summed E-state index contributed by atoms with van der Waals surface area (Å²) in [6, 6.07) is 4.22. The molecule has 1 aliphatic rings. The van der Waals surface area contributed by atoms with Crippen molar-refractivity contribution in [2.45, 2.75) is 43.9 Å². The molecule has 82 valence electrons. The number of primary amides is 1. The largest absolute Gasteiger partial charge is 0.370 e. The first kappa shape index (κ1) is 10.7. The number of carbonyl (C=O) groups is 1. The summed E-state index contributed by atoms with van der Waals surface area (Å²) in [6.45, 7) is 0. The number of rotatable bonds is 3. The van der Waals surface area contributed by atoms with Crippen molar-refractivity contribution in [1.82, 2.24) is 0 Å². The van der Waals surface area contributed by atoms with Gasteiger partial charge in [-0.2, -0.15) is 0 Å². The van der Waals surface area contributed by atoms with Gasteiger partial charge in [0.25, 0.3) is 0 Å². The molecule has 1 amide bonds. The molecule has 1 aliphatic carbocycles. The van der Waals surface area contributed by atoms with Gasteiger partial charge in [-0.3, -0.25) is 4.79 Å². The van der Waals surface area contributed by atoms with Crippen molar-refractivity contribution in [3.8, 4) is 0 Å². The molecule has 0 unspecified atom stereocenters. The van der Waals surface area contributed by atoms with Gasteiger partial charge in [-0.05, 0) is 24.3 Å². The molecule has 0 bridgehead atoms. The number of amides is 1. The van der Waals surface area contributed by atoms with Crippen LogP contribution in [0.1, 0.15) is 43.4 Å². The normalized spacial score (nSPS) is 20.0. The van der Waals surface area contributed by atoms with Gasteiger partial charge in [-0.25, -0.2) is 0 Å². The Balaban J connectivity index is 2.25. The first-order chi connectivity index (χ1) is 7.23. The van der Waals surface area contributed by atoms with E-state index in [1.165, 1.54) is 24.1 Å². The molecule has 3 heteroatoms. The summed E-state index contributed by atoms with van der Waals surface area (Å²) in [4.78, 5) is 12.5. The number of thiophene rings is 1. The second-order valence-electron chi connectivity index (χ2n) is 4.46. The van der Waals surface area contributed by atoms with Gasteiger partial charge in [0, 0.05) is 16.7 Å². The Morgan fingerprint density at radius 1 is 1.40 bits per heavy atom. The van der Waals surface area contributed by atoms with Crippen molar-refractivity contribution in [3.05, 3.63) is 22.4 Å². The van der Waals surface area contributed by atoms with Crippen molar-refractivity contribution >= 4 is 17.2 Å². The van der Waals surface area contributed by atoms with Gasteiger partial charge in [-0.15, -0.1) is 11.3 Å². The van der Waals surface area contributed by atoms with E-state index in [9.17, 15) is 4.79 Å². The summed E-state index contributed by atoms with van der Waals surface area (Å²) < 4.78 is 0. The first-order valence-electron chi connectivity index (χ1n) is 5.55. The maximum Gasteiger partial charge on any atom is 0.218 e. The van der Waals surface area contributed by atoms with Crippen molar-refractivity contribution in [2.75, 3.05) is 0 Å². The molecule has 2 rings (SSSR count). The van der Waals surface area contributed by atoms with Crippen molar-refractivity contribution in [1.29, 1.82) is 0 Å². The number of hydrogen-bond acceptors (Lipinski definition) is 2. The van der Waals surface area contributed by atoms with E-state index in [1.54, 1.807) is 11.3 Å². The van der Waals surface area contributed by atoms with E-state index in [-0.39, 0.29) is 11.3 Å². The molecule has 1 aromatic rings. The van der Waals surface area contributed by atoms with Crippen LogP contribution >= 0.6 is 11.3 Å². The lowest BCUT2D eigenvalue weighted by Gasteiger charge is -2.35. The Morgan fingerprint density at radius 3 is 2.67 bits per heavy atom. The van der Waals surface area contributed by atoms with Gasteiger partial charge in [0.05, 0.1) is 0 Å². The van der Waals surface area contributed by atoms with E-state index in [2.05, 4.69) is 17.5 Å². The van der Waals surface area contributed by atoms with Gasteiger partial charge in [0.15, 0.2) is 0 Å². The number of hydrogen-bond donors (Lipinski definition) is 1. The second kappa shape index (κ2) is 4.35. The molecule has 0 spiro atoms. The van der Waals surface area contributed by atoms with Crippen LogP contribution in [0.25, 0.3) is 0 Å². The van der Waals surface area contributed by atoms with Crippen LogP contribution in [-0.4, -0.2) is 5.91 Å². The monoisotopic (exact) mass is 223 g/mol. The minimum atomic E-state index is -0.162. The molecule has 1 aromatic heterocycles. The highest BCUT2D eigenvalue weighted by molar-refractivity contribution is 7.10. The Hall–Kier alpha value is -0.830. The average molecular weight is 223 g/mol. The summed E-state index contributed by atoms with van der Waals surface area (Å²) in [6.07, 6.45) is 6.52. The summed E-state index contributed by atoms with van der Waals surface area (Å²) in [7, 11) is 0. The highest BCUT2D eigenvalue weighted by atomic mass is 32.1. The summed E-state index contributed by atoms with van der Waals surface area (Å²) >= 11 is 1.76. The van der Waals surface area contributed by atoms with Gasteiger partial charge in [0.2, 0.25) is 5.91 Å². The minimum absolute atomic E-state index is 0.0677. The predicted octanol–water partition coefficient (Wildman–Crippen LogP) is 2.83. The topological polar surface area (TPSA) is 43.1 Å². The third kappa shape index (κ3) is 2.23. The zero-order valence-corrected chi connectivity index (χ0v) is 9.69. The standard InChI is InChI=1S/C12H17NOS/c13-11(14)9-12(6-2-1-3-7-12)10-5-4-8-15-10/h4-5,8H,1-3,6-7,9H2,(H2,13,14). The fourth-order valence-electron chi connectivity index (χ4n) is 2.65. The van der Waals surface area contributed by atoms with Gasteiger partial charge < -0.3 is 5.73 Å². The van der Waals surface area contributed by atoms with Gasteiger partial charge in [0.1, 0.15) is 0 Å². The van der Waals surface area contributed by atoms with E-state index in [1.807, 2.05) is 0 Å². The molecule has 0 atom stereocenters. The molecule has 0 aliphatic heterocycles. The maximum absolute atomic E-state index is 11.2. The fraction of sp³-hybridized carbons (Fsp3) is 0.583. The van der Waals surface area contributed by atoms with Crippen molar-refractivity contribution in [2.24, 2.45) is 5.73 Å². The Morgan fingerprint density at radius 2 is 2.13 bits per heavy atom. The van der Waals surface area contributed by atoms with Crippen molar-refractivity contribution < 1.29 is 4.79 Å². The zero-order valence-electron chi connectivity index (χ0n) is 8.87. The Bertz CT molecular complexity index is 325. The van der Waals surface area contributed by atoms with Crippen LogP contribution in [0.3, 0.4) is 0 Å². The molecule has 2 nitrogen and oxygen atoms in total. The average Bonchev–Trinajstić information content (AvgIpc) is 2.71. The zero-order chi connectivity index (χ0) is 10.7. The van der Waals surface area contributed by atoms with Gasteiger partial charge in [-0.1, -0.05) is 25.3 Å². The lowest BCUT2D eigenvalue weighted by molar-refractivity contribution is -0.119. The third-order valence-corrected chi connectivity index (χ3v) is 4.48. The van der Waals surface area contributed by atoms with E-state index < -0.39 is 0 Å². The van der Waals surface area contributed by atoms with E-state index in [0.717, 1.165) is 12.8 Å². The Kier molecular flexibility index (Phi) is 3.10. The van der Waals surface area contributed by atoms with Crippen LogP contribution < -0.4 is 5.73 Å². The highest BCUT2D eigenvalue weighted by Gasteiger charge is 2.36. The molecule has 0 aromatic carbocycles. The minimum Gasteiger partial charge on any atom is -0.370 e. The molecule has 2 N–H and O–H groups in total. The maximum atomic E-state index is 11.2. The number of carbonyl (C=O) groups excluding carboxylic acids is 1. The van der Waals surface area contributed by atoms with E-state index in [0.29, 0.717) is 6.42 Å².